The molecule has 3 aromatic rings. The first kappa shape index (κ1) is 16.7. The van der Waals surface area contributed by atoms with Crippen molar-refractivity contribution in [1.82, 2.24) is 19.9 Å². The van der Waals surface area contributed by atoms with Crippen molar-refractivity contribution in [2.24, 2.45) is 0 Å². The molecule has 2 aromatic heterocycles. The maximum absolute atomic E-state index is 11.7. The van der Waals surface area contributed by atoms with Crippen LogP contribution in [0.1, 0.15) is 27.8 Å². The number of hydrogen-bond acceptors (Lipinski definition) is 6. The van der Waals surface area contributed by atoms with E-state index in [9.17, 15) is 4.79 Å². The van der Waals surface area contributed by atoms with Gasteiger partial charge in [-0.1, -0.05) is 0 Å². The summed E-state index contributed by atoms with van der Waals surface area (Å²) in [6, 6.07) is 9.62. The standard InChI is InChI=1S/C19H20N4O3/c1-25-19(24)14-2-3-17-16(8-14)22-18-12-26-11-15(23(17)18)10-21-9-13-4-6-20-7-5-13/h2-8,15,21H,9-12H2,1H3. The van der Waals surface area contributed by atoms with Gasteiger partial charge in [0.15, 0.2) is 0 Å². The molecule has 0 aliphatic carbocycles. The lowest BCUT2D eigenvalue weighted by Crippen LogP contribution is -2.32. The monoisotopic (exact) mass is 352 g/mol. The van der Waals surface area contributed by atoms with Crippen LogP contribution in [0.3, 0.4) is 0 Å². The lowest BCUT2D eigenvalue weighted by molar-refractivity contribution is 0.0564. The van der Waals surface area contributed by atoms with E-state index < -0.39 is 0 Å². The molecule has 0 saturated carbocycles. The molecule has 0 radical (unpaired) electrons. The fourth-order valence-electron chi connectivity index (χ4n) is 3.30. The van der Waals surface area contributed by atoms with E-state index in [1.54, 1.807) is 24.5 Å². The maximum atomic E-state index is 11.7. The van der Waals surface area contributed by atoms with E-state index in [0.29, 0.717) is 18.8 Å². The number of nitrogens with one attached hydrogen (secondary N) is 1. The summed E-state index contributed by atoms with van der Waals surface area (Å²) in [6.45, 7) is 2.64. The number of fused-ring (bicyclic) bond motifs is 3. The van der Waals surface area contributed by atoms with Crippen molar-refractivity contribution < 1.29 is 14.3 Å². The van der Waals surface area contributed by atoms with Gasteiger partial charge in [-0.2, -0.15) is 0 Å². The van der Waals surface area contributed by atoms with E-state index in [0.717, 1.165) is 29.9 Å². The van der Waals surface area contributed by atoms with Crippen LogP contribution in [0.2, 0.25) is 0 Å². The highest BCUT2D eigenvalue weighted by molar-refractivity contribution is 5.93. The summed E-state index contributed by atoms with van der Waals surface area (Å²) in [5.74, 6) is 0.522. The zero-order valence-electron chi connectivity index (χ0n) is 14.5. The molecule has 0 bridgehead atoms. The van der Waals surface area contributed by atoms with Crippen LogP contribution in [0.15, 0.2) is 42.7 Å². The fraction of sp³-hybridized carbons (Fsp3) is 0.316. The Hall–Kier alpha value is -2.77. The largest absolute Gasteiger partial charge is 0.465 e. The smallest absolute Gasteiger partial charge is 0.337 e. The first-order chi connectivity index (χ1) is 12.8. The van der Waals surface area contributed by atoms with Gasteiger partial charge in [-0.3, -0.25) is 4.98 Å². The lowest BCUT2D eigenvalue weighted by atomic mass is 10.2. The van der Waals surface area contributed by atoms with Crippen molar-refractivity contribution in [1.29, 1.82) is 0 Å². The molecule has 0 spiro atoms. The van der Waals surface area contributed by atoms with Crippen LogP contribution in [0.5, 0.6) is 0 Å². The summed E-state index contributed by atoms with van der Waals surface area (Å²) in [4.78, 5) is 20.4. The minimum Gasteiger partial charge on any atom is -0.465 e. The summed E-state index contributed by atoms with van der Waals surface area (Å²) in [5, 5.41) is 3.48. The van der Waals surface area contributed by atoms with E-state index >= 15 is 0 Å². The van der Waals surface area contributed by atoms with Gasteiger partial charge in [-0.15, -0.1) is 0 Å². The van der Waals surface area contributed by atoms with Gasteiger partial charge < -0.3 is 19.4 Å². The number of pyridine rings is 1. The third-order valence-electron chi connectivity index (χ3n) is 4.55. The number of aromatic nitrogens is 3. The van der Waals surface area contributed by atoms with E-state index in [1.807, 2.05) is 18.2 Å². The molecule has 1 aromatic carbocycles. The summed E-state index contributed by atoms with van der Waals surface area (Å²) < 4.78 is 12.7. The average Bonchev–Trinajstić information content (AvgIpc) is 3.06. The number of nitrogens with zero attached hydrogens (tertiary/aromatic N) is 3. The molecule has 134 valence electrons. The second-order valence-electron chi connectivity index (χ2n) is 6.25. The number of ether oxygens (including phenoxy) is 2. The lowest BCUT2D eigenvalue weighted by Gasteiger charge is -2.26. The van der Waals surface area contributed by atoms with Crippen LogP contribution in [-0.2, 0) is 22.6 Å². The molecule has 7 heteroatoms. The quantitative estimate of drug-likeness (QED) is 0.709. The van der Waals surface area contributed by atoms with Crippen molar-refractivity contribution in [3.63, 3.8) is 0 Å². The molecule has 4 rings (SSSR count). The molecule has 1 aliphatic rings. The summed E-state index contributed by atoms with van der Waals surface area (Å²) >= 11 is 0. The first-order valence-electron chi connectivity index (χ1n) is 8.53. The molecular weight excluding hydrogens is 332 g/mol. The zero-order chi connectivity index (χ0) is 17.9. The average molecular weight is 352 g/mol. The minimum atomic E-state index is -0.357. The third kappa shape index (κ3) is 3.18. The van der Waals surface area contributed by atoms with Crippen molar-refractivity contribution in [3.8, 4) is 0 Å². The van der Waals surface area contributed by atoms with Gasteiger partial charge in [0, 0.05) is 25.5 Å². The van der Waals surface area contributed by atoms with Gasteiger partial charge in [-0.25, -0.2) is 9.78 Å². The topological polar surface area (TPSA) is 78.3 Å². The highest BCUT2D eigenvalue weighted by Crippen LogP contribution is 2.26. The molecule has 26 heavy (non-hydrogen) atoms. The van der Waals surface area contributed by atoms with Crippen LogP contribution in [0.25, 0.3) is 11.0 Å². The van der Waals surface area contributed by atoms with Crippen LogP contribution >= 0.6 is 0 Å². The number of carbonyl (C=O) groups is 1. The van der Waals surface area contributed by atoms with Gasteiger partial charge in [0.05, 0.1) is 36.4 Å². The molecular formula is C19H20N4O3. The van der Waals surface area contributed by atoms with Gasteiger partial charge in [0.1, 0.15) is 12.4 Å². The molecule has 1 unspecified atom stereocenters. The van der Waals surface area contributed by atoms with Gasteiger partial charge in [-0.05, 0) is 35.9 Å². The Balaban J connectivity index is 1.55. The van der Waals surface area contributed by atoms with E-state index in [4.69, 9.17) is 9.47 Å². The number of methoxy groups -OCH3 is 1. The summed E-state index contributed by atoms with van der Waals surface area (Å²) in [7, 11) is 1.38. The molecule has 1 N–H and O–H groups in total. The number of esters is 1. The van der Waals surface area contributed by atoms with Crippen molar-refractivity contribution >= 4 is 17.0 Å². The summed E-state index contributed by atoms with van der Waals surface area (Å²) in [6.07, 6.45) is 3.59. The van der Waals surface area contributed by atoms with Crippen LogP contribution in [-0.4, -0.2) is 40.8 Å². The minimum absolute atomic E-state index is 0.148. The van der Waals surface area contributed by atoms with Gasteiger partial charge >= 0.3 is 5.97 Å². The molecule has 7 nitrogen and oxygen atoms in total. The maximum Gasteiger partial charge on any atom is 0.337 e. The van der Waals surface area contributed by atoms with E-state index in [2.05, 4.69) is 19.9 Å². The zero-order valence-corrected chi connectivity index (χ0v) is 14.5. The van der Waals surface area contributed by atoms with Crippen molar-refractivity contribution in [2.45, 2.75) is 19.2 Å². The van der Waals surface area contributed by atoms with Crippen molar-refractivity contribution in [2.75, 3.05) is 20.3 Å². The van der Waals surface area contributed by atoms with Gasteiger partial charge in [0.2, 0.25) is 0 Å². The molecule has 0 amide bonds. The number of benzene rings is 1. The Labute approximate surface area is 151 Å². The van der Waals surface area contributed by atoms with Gasteiger partial charge in [0.25, 0.3) is 0 Å². The van der Waals surface area contributed by atoms with Crippen molar-refractivity contribution in [3.05, 3.63) is 59.7 Å². The number of imidazole rings is 1. The molecule has 1 aliphatic heterocycles. The SMILES string of the molecule is COC(=O)c1ccc2c(c1)nc1n2C(CNCc2ccncc2)COC1. The molecule has 3 heterocycles. The Bertz CT molecular complexity index is 923. The highest BCUT2D eigenvalue weighted by Gasteiger charge is 2.24. The predicted molar refractivity (Wildman–Crippen MR) is 95.7 cm³/mol. The Morgan fingerprint density at radius 2 is 2.19 bits per heavy atom. The predicted octanol–water partition coefficient (Wildman–Crippen LogP) is 2.08. The number of hydrogen-bond donors (Lipinski definition) is 1. The third-order valence-corrected chi connectivity index (χ3v) is 4.55. The van der Waals surface area contributed by atoms with Crippen LogP contribution in [0, 0.1) is 0 Å². The Morgan fingerprint density at radius 3 is 3.00 bits per heavy atom. The second kappa shape index (κ2) is 7.23. The first-order valence-corrected chi connectivity index (χ1v) is 8.53. The summed E-state index contributed by atoms with van der Waals surface area (Å²) in [5.41, 5.74) is 3.48. The molecule has 0 saturated heterocycles. The molecule has 1 atom stereocenters. The highest BCUT2D eigenvalue weighted by atomic mass is 16.5. The van der Waals surface area contributed by atoms with E-state index in [-0.39, 0.29) is 12.0 Å². The number of carbonyl (C=O) groups excluding carboxylic acids is 1. The number of rotatable bonds is 5. The Morgan fingerprint density at radius 1 is 1.35 bits per heavy atom. The molecule has 0 fully saturated rings. The Kier molecular flexibility index (Phi) is 4.64. The van der Waals surface area contributed by atoms with Crippen LogP contribution < -0.4 is 5.32 Å². The normalized spacial score (nSPS) is 16.4. The van der Waals surface area contributed by atoms with E-state index in [1.165, 1.54) is 12.7 Å². The second-order valence-corrected chi connectivity index (χ2v) is 6.25. The fourth-order valence-corrected chi connectivity index (χ4v) is 3.30. The van der Waals surface area contributed by atoms with Crippen LogP contribution in [0.4, 0.5) is 0 Å².